The van der Waals surface area contributed by atoms with Gasteiger partial charge in [-0.25, -0.2) is 10.8 Å². The van der Waals surface area contributed by atoms with E-state index in [1.807, 2.05) is 24.8 Å². The van der Waals surface area contributed by atoms with Gasteiger partial charge in [-0.05, 0) is 37.1 Å². The molecule has 4 N–H and O–H groups in total. The summed E-state index contributed by atoms with van der Waals surface area (Å²) in [4.78, 5) is 16.5. The van der Waals surface area contributed by atoms with Gasteiger partial charge in [-0.3, -0.25) is 4.79 Å². The summed E-state index contributed by atoms with van der Waals surface area (Å²) in [5, 5.41) is 3.56. The van der Waals surface area contributed by atoms with Gasteiger partial charge < -0.3 is 10.7 Å². The molecule has 1 aliphatic heterocycles. The van der Waals surface area contributed by atoms with Crippen LogP contribution < -0.4 is 16.6 Å². The Balaban J connectivity index is 1.97. The Bertz CT molecular complexity index is 438. The van der Waals surface area contributed by atoms with Crippen molar-refractivity contribution in [3.63, 3.8) is 0 Å². The third kappa shape index (κ3) is 4.11. The molecular formula is C14H22N4OS. The Morgan fingerprint density at radius 1 is 1.50 bits per heavy atom. The van der Waals surface area contributed by atoms with Gasteiger partial charge in [-0.1, -0.05) is 13.3 Å². The lowest BCUT2D eigenvalue weighted by atomic mass is 10.1. The second-order valence-corrected chi connectivity index (χ2v) is 6.34. The van der Waals surface area contributed by atoms with Crippen LogP contribution in [-0.4, -0.2) is 28.4 Å². The average molecular weight is 294 g/mol. The van der Waals surface area contributed by atoms with Gasteiger partial charge >= 0.3 is 0 Å². The molecule has 0 saturated carbocycles. The van der Waals surface area contributed by atoms with E-state index >= 15 is 0 Å². The van der Waals surface area contributed by atoms with Crippen LogP contribution in [0.3, 0.4) is 0 Å². The highest BCUT2D eigenvalue weighted by atomic mass is 32.2. The topological polar surface area (TPSA) is 80.0 Å². The summed E-state index contributed by atoms with van der Waals surface area (Å²) in [7, 11) is 0. The molecule has 5 nitrogen and oxygen atoms in total. The molecule has 0 aliphatic carbocycles. The molecule has 1 aliphatic rings. The molecule has 1 amide bonds. The zero-order valence-corrected chi connectivity index (χ0v) is 12.6. The van der Waals surface area contributed by atoms with Gasteiger partial charge in [0, 0.05) is 23.1 Å². The zero-order chi connectivity index (χ0) is 14.4. The van der Waals surface area contributed by atoms with Crippen LogP contribution >= 0.6 is 11.8 Å². The Kier molecular flexibility index (Phi) is 5.67. The minimum Gasteiger partial charge on any atom is -0.351 e. The molecule has 0 spiro atoms. The molecular weight excluding hydrogens is 272 g/mol. The van der Waals surface area contributed by atoms with E-state index in [4.69, 9.17) is 5.84 Å². The molecule has 6 heteroatoms. The lowest BCUT2D eigenvalue weighted by molar-refractivity contribution is 0.0953. The number of aryl methyl sites for hydroxylation is 1. The fourth-order valence-corrected chi connectivity index (χ4v) is 3.49. The Morgan fingerprint density at radius 2 is 2.35 bits per heavy atom. The second kappa shape index (κ2) is 7.50. The van der Waals surface area contributed by atoms with E-state index in [9.17, 15) is 4.79 Å². The number of carbonyl (C=O) groups excluding carboxylic acids is 1. The first-order valence-electron chi connectivity index (χ1n) is 7.10. The molecule has 110 valence electrons. The molecule has 1 unspecified atom stereocenters. The number of hydrogen-bond donors (Lipinski definition) is 3. The van der Waals surface area contributed by atoms with E-state index in [1.54, 1.807) is 6.07 Å². The molecule has 1 fully saturated rings. The smallest absolute Gasteiger partial charge is 0.251 e. The fourth-order valence-electron chi connectivity index (χ4n) is 2.25. The standard InChI is InChI=1S/C14H22N4OS/c1-2-11-7-10(8-13(17-11)18-15)14(19)16-9-12-5-3-4-6-20-12/h7-8,12H,2-6,9,15H2,1H3,(H,16,19)(H,17,18). The predicted molar refractivity (Wildman–Crippen MR) is 83.9 cm³/mol. The van der Waals surface area contributed by atoms with Crippen LogP contribution in [0.25, 0.3) is 0 Å². The number of pyridine rings is 1. The van der Waals surface area contributed by atoms with Crippen LogP contribution in [0.5, 0.6) is 0 Å². The summed E-state index contributed by atoms with van der Waals surface area (Å²) in [6.07, 6.45) is 4.53. The van der Waals surface area contributed by atoms with Crippen LogP contribution in [-0.2, 0) is 6.42 Å². The number of nitrogens with one attached hydrogen (secondary N) is 2. The Hall–Kier alpha value is -1.27. The van der Waals surface area contributed by atoms with Crippen molar-refractivity contribution < 1.29 is 4.79 Å². The van der Waals surface area contributed by atoms with Crippen LogP contribution in [0, 0.1) is 0 Å². The van der Waals surface area contributed by atoms with E-state index in [2.05, 4.69) is 15.7 Å². The normalized spacial score (nSPS) is 18.6. The zero-order valence-electron chi connectivity index (χ0n) is 11.8. The number of rotatable bonds is 5. The van der Waals surface area contributed by atoms with E-state index < -0.39 is 0 Å². The molecule has 0 aromatic carbocycles. The molecule has 1 aromatic rings. The lowest BCUT2D eigenvalue weighted by Crippen LogP contribution is -2.32. The van der Waals surface area contributed by atoms with Crippen molar-refractivity contribution in [3.8, 4) is 0 Å². The maximum atomic E-state index is 12.2. The summed E-state index contributed by atoms with van der Waals surface area (Å²) >= 11 is 1.96. The summed E-state index contributed by atoms with van der Waals surface area (Å²) in [5.41, 5.74) is 3.98. The number of carbonyl (C=O) groups is 1. The molecule has 0 bridgehead atoms. The minimum atomic E-state index is -0.0511. The number of hydrogen-bond acceptors (Lipinski definition) is 5. The summed E-state index contributed by atoms with van der Waals surface area (Å²) in [6.45, 7) is 2.74. The van der Waals surface area contributed by atoms with Gasteiger partial charge in [0.2, 0.25) is 0 Å². The highest BCUT2D eigenvalue weighted by Gasteiger charge is 2.16. The number of hydrazine groups is 1. The van der Waals surface area contributed by atoms with Crippen molar-refractivity contribution >= 4 is 23.5 Å². The quantitative estimate of drug-likeness (QED) is 0.571. The minimum absolute atomic E-state index is 0.0511. The summed E-state index contributed by atoms with van der Waals surface area (Å²) < 4.78 is 0. The van der Waals surface area contributed by atoms with Gasteiger partial charge in [-0.2, -0.15) is 11.8 Å². The van der Waals surface area contributed by atoms with E-state index in [1.165, 1.54) is 25.0 Å². The second-order valence-electron chi connectivity index (χ2n) is 4.93. The van der Waals surface area contributed by atoms with Gasteiger partial charge in [0.05, 0.1) is 0 Å². The summed E-state index contributed by atoms with van der Waals surface area (Å²) in [6, 6.07) is 3.51. The van der Waals surface area contributed by atoms with Gasteiger partial charge in [0.15, 0.2) is 0 Å². The van der Waals surface area contributed by atoms with E-state index in [0.29, 0.717) is 16.6 Å². The number of thioether (sulfide) groups is 1. The Morgan fingerprint density at radius 3 is 3.00 bits per heavy atom. The highest BCUT2D eigenvalue weighted by molar-refractivity contribution is 7.99. The van der Waals surface area contributed by atoms with Crippen LogP contribution in [0.1, 0.15) is 42.2 Å². The van der Waals surface area contributed by atoms with Crippen molar-refractivity contribution in [2.75, 3.05) is 17.7 Å². The number of aromatic nitrogens is 1. The molecule has 1 saturated heterocycles. The van der Waals surface area contributed by atoms with Crippen molar-refractivity contribution in [2.24, 2.45) is 5.84 Å². The van der Waals surface area contributed by atoms with Gasteiger partial charge in [0.25, 0.3) is 5.91 Å². The number of nitrogen functional groups attached to an aromatic ring is 1. The summed E-state index contributed by atoms with van der Waals surface area (Å²) in [5.74, 6) is 7.07. The first kappa shape index (κ1) is 15.1. The van der Waals surface area contributed by atoms with Gasteiger partial charge in [0.1, 0.15) is 5.82 Å². The SMILES string of the molecule is CCc1cc(C(=O)NCC2CCCCS2)cc(NN)n1. The van der Waals surface area contributed by atoms with Crippen molar-refractivity contribution in [1.29, 1.82) is 0 Å². The van der Waals surface area contributed by atoms with E-state index in [0.717, 1.165) is 18.7 Å². The maximum Gasteiger partial charge on any atom is 0.251 e. The average Bonchev–Trinajstić information content (AvgIpc) is 2.52. The number of anilines is 1. The van der Waals surface area contributed by atoms with Crippen molar-refractivity contribution in [3.05, 3.63) is 23.4 Å². The monoisotopic (exact) mass is 294 g/mol. The fraction of sp³-hybridized carbons (Fsp3) is 0.571. The van der Waals surface area contributed by atoms with Gasteiger partial charge in [-0.15, -0.1) is 0 Å². The molecule has 20 heavy (non-hydrogen) atoms. The van der Waals surface area contributed by atoms with Crippen molar-refractivity contribution in [2.45, 2.75) is 37.9 Å². The van der Waals surface area contributed by atoms with E-state index in [-0.39, 0.29) is 5.91 Å². The number of nitrogens with zero attached hydrogens (tertiary/aromatic N) is 1. The lowest BCUT2D eigenvalue weighted by Gasteiger charge is -2.21. The third-order valence-electron chi connectivity index (χ3n) is 3.41. The van der Waals surface area contributed by atoms with Crippen molar-refractivity contribution in [1.82, 2.24) is 10.3 Å². The number of amides is 1. The first-order chi connectivity index (χ1) is 9.72. The first-order valence-corrected chi connectivity index (χ1v) is 8.15. The molecule has 2 heterocycles. The number of nitrogens with two attached hydrogens (primary N) is 1. The van der Waals surface area contributed by atoms with Crippen LogP contribution in [0.2, 0.25) is 0 Å². The van der Waals surface area contributed by atoms with Crippen LogP contribution in [0.4, 0.5) is 5.82 Å². The van der Waals surface area contributed by atoms with Crippen LogP contribution in [0.15, 0.2) is 12.1 Å². The Labute approximate surface area is 124 Å². The predicted octanol–water partition coefficient (Wildman–Crippen LogP) is 1.95. The third-order valence-corrected chi connectivity index (χ3v) is 4.81. The maximum absolute atomic E-state index is 12.2. The molecule has 1 aromatic heterocycles. The molecule has 0 radical (unpaired) electrons. The largest absolute Gasteiger partial charge is 0.351 e. The highest BCUT2D eigenvalue weighted by Crippen LogP contribution is 2.24. The molecule has 2 rings (SSSR count). The molecule has 1 atom stereocenters.